The van der Waals surface area contributed by atoms with Gasteiger partial charge in [0.2, 0.25) is 5.91 Å². The summed E-state index contributed by atoms with van der Waals surface area (Å²) in [6.07, 6.45) is 0. The zero-order chi connectivity index (χ0) is 9.64. The van der Waals surface area contributed by atoms with E-state index in [0.29, 0.717) is 5.46 Å². The summed E-state index contributed by atoms with van der Waals surface area (Å²) in [7, 11) is 5.66. The van der Waals surface area contributed by atoms with E-state index < -0.39 is 5.41 Å². The maximum absolute atomic E-state index is 11.5. The molecule has 1 N–H and O–H groups in total. The first-order chi connectivity index (χ1) is 6.01. The SMILES string of the molecule is [B]c1ccc2c(c1)C(C)(C)C(=O)N2. The highest BCUT2D eigenvalue weighted by Crippen LogP contribution is 2.35. The summed E-state index contributed by atoms with van der Waals surface area (Å²) in [5, 5.41) is 2.82. The molecule has 13 heavy (non-hydrogen) atoms. The summed E-state index contributed by atoms with van der Waals surface area (Å²) in [6.45, 7) is 3.79. The minimum absolute atomic E-state index is 0.0353. The molecule has 1 aromatic carbocycles. The monoisotopic (exact) mass is 171 g/mol. The fraction of sp³-hybridized carbons (Fsp3) is 0.300. The molecule has 1 amide bonds. The topological polar surface area (TPSA) is 29.1 Å². The summed E-state index contributed by atoms with van der Waals surface area (Å²) in [6, 6.07) is 5.49. The van der Waals surface area contributed by atoms with Crippen LogP contribution in [0.5, 0.6) is 0 Å². The molecule has 2 rings (SSSR count). The Labute approximate surface area is 78.7 Å². The Balaban J connectivity index is 2.64. The summed E-state index contributed by atoms with van der Waals surface area (Å²) in [5.41, 5.74) is 2.11. The largest absolute Gasteiger partial charge is 0.325 e. The van der Waals surface area contributed by atoms with Crippen LogP contribution in [-0.4, -0.2) is 13.8 Å². The van der Waals surface area contributed by atoms with E-state index in [-0.39, 0.29) is 5.91 Å². The van der Waals surface area contributed by atoms with E-state index in [9.17, 15) is 4.79 Å². The normalized spacial score (nSPS) is 18.2. The average Bonchev–Trinajstić information content (AvgIpc) is 2.27. The number of hydrogen-bond donors (Lipinski definition) is 1. The lowest BCUT2D eigenvalue weighted by atomic mass is 9.83. The number of benzene rings is 1. The lowest BCUT2D eigenvalue weighted by Crippen LogP contribution is -2.27. The van der Waals surface area contributed by atoms with Gasteiger partial charge < -0.3 is 5.32 Å². The van der Waals surface area contributed by atoms with Gasteiger partial charge in [-0.3, -0.25) is 4.79 Å². The second kappa shape index (κ2) is 2.38. The second-order valence-electron chi connectivity index (χ2n) is 3.88. The smallest absolute Gasteiger partial charge is 0.234 e. The number of amides is 1. The number of hydrogen-bond acceptors (Lipinski definition) is 1. The first-order valence-electron chi connectivity index (χ1n) is 4.23. The number of rotatable bonds is 0. The highest BCUT2D eigenvalue weighted by molar-refractivity contribution is 6.32. The Morgan fingerprint density at radius 1 is 1.38 bits per heavy atom. The van der Waals surface area contributed by atoms with Gasteiger partial charge in [0.15, 0.2) is 0 Å². The third-order valence-electron chi connectivity index (χ3n) is 2.53. The third kappa shape index (κ3) is 1.07. The van der Waals surface area contributed by atoms with E-state index in [1.165, 1.54) is 0 Å². The predicted octanol–water partition coefficient (Wildman–Crippen LogP) is 0.710. The van der Waals surface area contributed by atoms with Crippen molar-refractivity contribution in [1.29, 1.82) is 0 Å². The van der Waals surface area contributed by atoms with Crippen LogP contribution in [-0.2, 0) is 10.2 Å². The number of fused-ring (bicyclic) bond motifs is 1. The lowest BCUT2D eigenvalue weighted by molar-refractivity contribution is -0.119. The zero-order valence-electron chi connectivity index (χ0n) is 7.72. The van der Waals surface area contributed by atoms with Crippen LogP contribution in [0.4, 0.5) is 5.69 Å². The zero-order valence-corrected chi connectivity index (χ0v) is 7.72. The molecular weight excluding hydrogens is 161 g/mol. The Morgan fingerprint density at radius 2 is 2.08 bits per heavy atom. The molecule has 0 fully saturated rings. The molecule has 1 aliphatic rings. The Hall–Kier alpha value is -1.25. The van der Waals surface area contributed by atoms with Crippen molar-refractivity contribution in [3.63, 3.8) is 0 Å². The van der Waals surface area contributed by atoms with Gasteiger partial charge in [-0.2, -0.15) is 0 Å². The van der Waals surface area contributed by atoms with Gasteiger partial charge in [0, 0.05) is 5.69 Å². The van der Waals surface area contributed by atoms with Crippen LogP contribution in [0, 0.1) is 0 Å². The van der Waals surface area contributed by atoms with Crippen LogP contribution in [0.1, 0.15) is 19.4 Å². The fourth-order valence-electron chi connectivity index (χ4n) is 1.59. The molecule has 0 saturated heterocycles. The molecule has 2 nitrogen and oxygen atoms in total. The maximum Gasteiger partial charge on any atom is 0.234 e. The molecule has 2 radical (unpaired) electrons. The maximum atomic E-state index is 11.5. The molecule has 1 heterocycles. The van der Waals surface area contributed by atoms with Gasteiger partial charge in [-0.1, -0.05) is 17.6 Å². The molecule has 0 spiro atoms. The van der Waals surface area contributed by atoms with Gasteiger partial charge in [-0.05, 0) is 25.5 Å². The molecule has 0 saturated carbocycles. The van der Waals surface area contributed by atoms with Gasteiger partial charge in [0.25, 0.3) is 0 Å². The van der Waals surface area contributed by atoms with E-state index >= 15 is 0 Å². The van der Waals surface area contributed by atoms with Crippen LogP contribution in [0.15, 0.2) is 18.2 Å². The van der Waals surface area contributed by atoms with E-state index in [4.69, 9.17) is 7.85 Å². The Bertz CT molecular complexity index is 385. The quantitative estimate of drug-likeness (QED) is 0.572. The average molecular weight is 171 g/mol. The summed E-state index contributed by atoms with van der Waals surface area (Å²) in [4.78, 5) is 11.5. The Kier molecular flexibility index (Phi) is 1.53. The molecule has 0 bridgehead atoms. The van der Waals surface area contributed by atoms with Crippen LogP contribution in [0.25, 0.3) is 0 Å². The molecule has 0 aromatic heterocycles. The number of carbonyl (C=O) groups excluding carboxylic acids is 1. The van der Waals surface area contributed by atoms with Crippen LogP contribution in [0.3, 0.4) is 0 Å². The molecule has 3 heteroatoms. The van der Waals surface area contributed by atoms with Gasteiger partial charge >= 0.3 is 0 Å². The van der Waals surface area contributed by atoms with Crippen molar-refractivity contribution in [2.24, 2.45) is 0 Å². The summed E-state index contributed by atoms with van der Waals surface area (Å²) in [5.74, 6) is 0.0353. The highest BCUT2D eigenvalue weighted by atomic mass is 16.2. The first-order valence-corrected chi connectivity index (χ1v) is 4.23. The van der Waals surface area contributed by atoms with Crippen molar-refractivity contribution in [2.45, 2.75) is 19.3 Å². The lowest BCUT2D eigenvalue weighted by Gasteiger charge is -2.15. The molecule has 0 atom stereocenters. The standard InChI is InChI=1S/C10H10BNO/c1-10(2)7-5-6(11)3-4-8(7)12-9(10)13/h3-5H,1-2H3,(H,12,13). The van der Waals surface area contributed by atoms with Gasteiger partial charge in [0.1, 0.15) is 7.85 Å². The van der Waals surface area contributed by atoms with Crippen LogP contribution in [0.2, 0.25) is 0 Å². The fourth-order valence-corrected chi connectivity index (χ4v) is 1.59. The van der Waals surface area contributed by atoms with Gasteiger partial charge in [-0.15, -0.1) is 0 Å². The summed E-state index contributed by atoms with van der Waals surface area (Å²) < 4.78 is 0. The minimum atomic E-state index is -0.454. The van der Waals surface area contributed by atoms with Crippen LogP contribution >= 0.6 is 0 Å². The van der Waals surface area contributed by atoms with E-state index in [0.717, 1.165) is 11.3 Å². The van der Waals surface area contributed by atoms with Crippen molar-refractivity contribution < 1.29 is 4.79 Å². The second-order valence-corrected chi connectivity index (χ2v) is 3.88. The van der Waals surface area contributed by atoms with E-state index in [2.05, 4.69) is 5.32 Å². The highest BCUT2D eigenvalue weighted by Gasteiger charge is 2.37. The molecular formula is C10H10BNO. The molecule has 0 aliphatic carbocycles. The third-order valence-corrected chi connectivity index (χ3v) is 2.53. The number of anilines is 1. The van der Waals surface area contributed by atoms with Crippen molar-refractivity contribution >= 4 is 24.9 Å². The Morgan fingerprint density at radius 3 is 2.77 bits per heavy atom. The van der Waals surface area contributed by atoms with E-state index in [1.807, 2.05) is 26.0 Å². The minimum Gasteiger partial charge on any atom is -0.325 e. The van der Waals surface area contributed by atoms with Gasteiger partial charge in [-0.25, -0.2) is 0 Å². The predicted molar refractivity (Wildman–Crippen MR) is 53.5 cm³/mol. The van der Waals surface area contributed by atoms with Gasteiger partial charge in [0.05, 0.1) is 5.41 Å². The number of carbonyl (C=O) groups is 1. The van der Waals surface area contributed by atoms with Crippen LogP contribution < -0.4 is 10.8 Å². The molecule has 64 valence electrons. The van der Waals surface area contributed by atoms with E-state index in [1.54, 1.807) is 6.07 Å². The molecule has 1 aliphatic heterocycles. The molecule has 1 aromatic rings. The van der Waals surface area contributed by atoms with Crippen molar-refractivity contribution in [2.75, 3.05) is 5.32 Å². The van der Waals surface area contributed by atoms with Crippen molar-refractivity contribution in [1.82, 2.24) is 0 Å². The van der Waals surface area contributed by atoms with Crippen molar-refractivity contribution in [3.05, 3.63) is 23.8 Å². The van der Waals surface area contributed by atoms with Crippen molar-refractivity contribution in [3.8, 4) is 0 Å². The molecule has 0 unspecified atom stereocenters. The number of nitrogens with one attached hydrogen (secondary N) is 1. The summed E-state index contributed by atoms with van der Waals surface area (Å²) >= 11 is 0. The first kappa shape index (κ1) is 8.36.